The highest BCUT2D eigenvalue weighted by atomic mass is 15.2. The summed E-state index contributed by atoms with van der Waals surface area (Å²) in [6, 6.07) is 0. The zero-order chi connectivity index (χ0) is 12.2. The number of nitrogens with two attached hydrogens (primary N) is 2. The molecule has 0 spiro atoms. The fourth-order valence-corrected chi connectivity index (χ4v) is 1.45. The van der Waals surface area contributed by atoms with Crippen LogP contribution in [0.2, 0.25) is 0 Å². The summed E-state index contributed by atoms with van der Waals surface area (Å²) in [6.07, 6.45) is 8.81. The van der Waals surface area contributed by atoms with Crippen LogP contribution in [0.15, 0.2) is 4.99 Å². The van der Waals surface area contributed by atoms with Crippen molar-refractivity contribution in [3.05, 3.63) is 0 Å². The van der Waals surface area contributed by atoms with E-state index in [2.05, 4.69) is 17.2 Å². The molecule has 0 aliphatic carbocycles. The maximum atomic E-state index is 6.94. The lowest BCUT2D eigenvalue weighted by Gasteiger charge is -2.02. The predicted octanol–water partition coefficient (Wildman–Crippen LogP) is 1.53. The van der Waals surface area contributed by atoms with Crippen LogP contribution < -0.4 is 16.8 Å². The number of guanidine groups is 2. The van der Waals surface area contributed by atoms with Gasteiger partial charge in [0.15, 0.2) is 11.9 Å². The molecule has 0 aliphatic heterocycles. The molecule has 94 valence electrons. The highest BCUT2D eigenvalue weighted by molar-refractivity contribution is 5.95. The Morgan fingerprint density at radius 3 is 2.19 bits per heavy atom. The SMILES string of the molecule is CCCCCCCCCN=C(N)NC(=N)N. The summed E-state index contributed by atoms with van der Waals surface area (Å²) < 4.78 is 0. The van der Waals surface area contributed by atoms with E-state index in [0.717, 1.165) is 6.42 Å². The Hall–Kier alpha value is -1.26. The summed E-state index contributed by atoms with van der Waals surface area (Å²) in [4.78, 5) is 4.06. The molecular weight excluding hydrogens is 202 g/mol. The number of rotatable bonds is 8. The number of aliphatic imine (C=N–C) groups is 1. The highest BCUT2D eigenvalue weighted by Gasteiger charge is 1.93. The van der Waals surface area contributed by atoms with Crippen molar-refractivity contribution in [2.75, 3.05) is 6.54 Å². The third kappa shape index (κ3) is 10.8. The van der Waals surface area contributed by atoms with E-state index in [9.17, 15) is 0 Å². The summed E-state index contributed by atoms with van der Waals surface area (Å²) in [5, 5.41) is 9.39. The van der Waals surface area contributed by atoms with Gasteiger partial charge in [-0.1, -0.05) is 45.4 Å². The summed E-state index contributed by atoms with van der Waals surface area (Å²) in [5.74, 6) is 0.0688. The van der Waals surface area contributed by atoms with Crippen LogP contribution in [0.4, 0.5) is 0 Å². The van der Waals surface area contributed by atoms with Crippen molar-refractivity contribution in [2.24, 2.45) is 16.5 Å². The number of unbranched alkanes of at least 4 members (excludes halogenated alkanes) is 6. The van der Waals surface area contributed by atoms with Gasteiger partial charge in [0, 0.05) is 6.54 Å². The first kappa shape index (κ1) is 14.7. The molecule has 0 radical (unpaired) electrons. The molecule has 6 N–H and O–H groups in total. The van der Waals surface area contributed by atoms with Gasteiger partial charge in [0.2, 0.25) is 0 Å². The zero-order valence-electron chi connectivity index (χ0n) is 10.3. The highest BCUT2D eigenvalue weighted by Crippen LogP contribution is 2.06. The van der Waals surface area contributed by atoms with Gasteiger partial charge in [-0.05, 0) is 6.42 Å². The van der Waals surface area contributed by atoms with Gasteiger partial charge in [0.25, 0.3) is 0 Å². The van der Waals surface area contributed by atoms with E-state index in [1.807, 2.05) is 0 Å². The molecule has 0 aromatic heterocycles. The lowest BCUT2D eigenvalue weighted by Crippen LogP contribution is -2.40. The Labute approximate surface area is 98.2 Å². The normalized spacial score (nSPS) is 11.4. The first-order chi connectivity index (χ1) is 7.66. The molecule has 0 heterocycles. The molecule has 0 atom stereocenters. The summed E-state index contributed by atoms with van der Waals surface area (Å²) in [5.41, 5.74) is 10.6. The Morgan fingerprint density at radius 2 is 1.62 bits per heavy atom. The van der Waals surface area contributed by atoms with Gasteiger partial charge in [-0.2, -0.15) is 0 Å². The lowest BCUT2D eigenvalue weighted by molar-refractivity contribution is 0.593. The molecular formula is C11H25N5. The fourth-order valence-electron chi connectivity index (χ4n) is 1.45. The number of hydrogen-bond acceptors (Lipinski definition) is 2. The Bertz CT molecular complexity index is 212. The van der Waals surface area contributed by atoms with Crippen molar-refractivity contribution in [1.82, 2.24) is 5.32 Å². The summed E-state index contributed by atoms with van der Waals surface area (Å²) in [6.45, 7) is 2.93. The standard InChI is InChI=1S/C11H25N5/c1-2-3-4-5-6-7-8-9-15-11(14)16-10(12)13/h2-9H2,1H3,(H6,12,13,14,15,16). The van der Waals surface area contributed by atoms with E-state index >= 15 is 0 Å². The van der Waals surface area contributed by atoms with Crippen LogP contribution in [-0.2, 0) is 0 Å². The van der Waals surface area contributed by atoms with Gasteiger partial charge < -0.3 is 11.5 Å². The van der Waals surface area contributed by atoms with Gasteiger partial charge in [0.05, 0.1) is 0 Å². The van der Waals surface area contributed by atoms with Crippen molar-refractivity contribution in [2.45, 2.75) is 51.9 Å². The van der Waals surface area contributed by atoms with Crippen molar-refractivity contribution >= 4 is 11.9 Å². The van der Waals surface area contributed by atoms with Crippen molar-refractivity contribution < 1.29 is 0 Å². The molecule has 0 fully saturated rings. The third-order valence-corrected chi connectivity index (χ3v) is 2.31. The maximum Gasteiger partial charge on any atom is 0.195 e. The molecule has 5 nitrogen and oxygen atoms in total. The Balaban J connectivity index is 3.28. The topological polar surface area (TPSA) is 100 Å². The average molecular weight is 227 g/mol. The second kappa shape index (κ2) is 10.3. The molecule has 0 unspecified atom stereocenters. The first-order valence-electron chi connectivity index (χ1n) is 6.07. The molecule has 0 aliphatic rings. The maximum absolute atomic E-state index is 6.94. The van der Waals surface area contributed by atoms with E-state index in [4.69, 9.17) is 16.9 Å². The van der Waals surface area contributed by atoms with Crippen molar-refractivity contribution in [3.63, 3.8) is 0 Å². The van der Waals surface area contributed by atoms with Crippen LogP contribution >= 0.6 is 0 Å². The van der Waals surface area contributed by atoms with E-state index in [-0.39, 0.29) is 11.9 Å². The van der Waals surface area contributed by atoms with Gasteiger partial charge in [0.1, 0.15) is 0 Å². The van der Waals surface area contributed by atoms with Crippen LogP contribution in [0.3, 0.4) is 0 Å². The number of nitrogens with one attached hydrogen (secondary N) is 2. The van der Waals surface area contributed by atoms with Crippen LogP contribution in [0.5, 0.6) is 0 Å². The molecule has 5 heteroatoms. The molecule has 0 saturated carbocycles. The van der Waals surface area contributed by atoms with Gasteiger partial charge in [-0.25, -0.2) is 0 Å². The zero-order valence-corrected chi connectivity index (χ0v) is 10.3. The first-order valence-corrected chi connectivity index (χ1v) is 6.07. The monoisotopic (exact) mass is 227 g/mol. The van der Waals surface area contributed by atoms with Crippen molar-refractivity contribution in [3.8, 4) is 0 Å². The van der Waals surface area contributed by atoms with Gasteiger partial charge >= 0.3 is 0 Å². The van der Waals surface area contributed by atoms with E-state index in [1.165, 1.54) is 38.5 Å². The largest absolute Gasteiger partial charge is 0.370 e. The molecule has 0 aromatic carbocycles. The van der Waals surface area contributed by atoms with Crippen molar-refractivity contribution in [1.29, 1.82) is 5.41 Å². The lowest BCUT2D eigenvalue weighted by atomic mass is 10.1. The smallest absolute Gasteiger partial charge is 0.195 e. The minimum atomic E-state index is -0.166. The molecule has 0 amide bonds. The van der Waals surface area contributed by atoms with Gasteiger partial charge in [-0.15, -0.1) is 0 Å². The Morgan fingerprint density at radius 1 is 1.06 bits per heavy atom. The molecule has 0 saturated heterocycles. The number of nitrogens with zero attached hydrogens (tertiary/aromatic N) is 1. The van der Waals surface area contributed by atoms with Crippen LogP contribution in [0.1, 0.15) is 51.9 Å². The quantitative estimate of drug-likeness (QED) is 0.287. The second-order valence-electron chi connectivity index (χ2n) is 3.93. The molecule has 16 heavy (non-hydrogen) atoms. The predicted molar refractivity (Wildman–Crippen MR) is 69.5 cm³/mol. The fraction of sp³-hybridized carbons (Fsp3) is 0.818. The van der Waals surface area contributed by atoms with Crippen LogP contribution in [0.25, 0.3) is 0 Å². The third-order valence-electron chi connectivity index (χ3n) is 2.31. The minimum Gasteiger partial charge on any atom is -0.370 e. The van der Waals surface area contributed by atoms with E-state index in [0.29, 0.717) is 6.54 Å². The average Bonchev–Trinajstić information content (AvgIpc) is 2.21. The van der Waals surface area contributed by atoms with Gasteiger partial charge in [-0.3, -0.25) is 15.7 Å². The summed E-state index contributed by atoms with van der Waals surface area (Å²) in [7, 11) is 0. The summed E-state index contributed by atoms with van der Waals surface area (Å²) >= 11 is 0. The van der Waals surface area contributed by atoms with Crippen LogP contribution in [0, 0.1) is 5.41 Å². The van der Waals surface area contributed by atoms with E-state index < -0.39 is 0 Å². The minimum absolute atomic E-state index is 0.166. The number of hydrogen-bond donors (Lipinski definition) is 4. The molecule has 0 bridgehead atoms. The van der Waals surface area contributed by atoms with E-state index in [1.54, 1.807) is 0 Å². The second-order valence-corrected chi connectivity index (χ2v) is 3.93. The molecule has 0 rings (SSSR count). The Kier molecular flexibility index (Phi) is 9.46. The van der Waals surface area contributed by atoms with Crippen LogP contribution in [-0.4, -0.2) is 18.5 Å². The molecule has 0 aromatic rings.